The second-order valence-corrected chi connectivity index (χ2v) is 8.05. The minimum atomic E-state index is -3.81. The summed E-state index contributed by atoms with van der Waals surface area (Å²) in [5.41, 5.74) is 2.12. The van der Waals surface area contributed by atoms with Crippen LogP contribution in [0.15, 0.2) is 41.3 Å². The van der Waals surface area contributed by atoms with Crippen LogP contribution in [0.5, 0.6) is 11.5 Å². The van der Waals surface area contributed by atoms with Crippen molar-refractivity contribution in [2.75, 3.05) is 13.2 Å². The van der Waals surface area contributed by atoms with Crippen LogP contribution in [-0.4, -0.2) is 21.6 Å². The number of sulfonamides is 1. The molecule has 0 bridgehead atoms. The van der Waals surface area contributed by atoms with Crippen molar-refractivity contribution in [3.8, 4) is 17.6 Å². The molecule has 0 aromatic heterocycles. The van der Waals surface area contributed by atoms with Crippen molar-refractivity contribution >= 4 is 10.0 Å². The summed E-state index contributed by atoms with van der Waals surface area (Å²) in [4.78, 5) is 0.00664. The molecule has 26 heavy (non-hydrogen) atoms. The minimum Gasteiger partial charge on any atom is -0.486 e. The van der Waals surface area contributed by atoms with E-state index in [-0.39, 0.29) is 16.5 Å². The minimum absolute atomic E-state index is 0.00664. The Hall–Kier alpha value is -2.56. The molecule has 1 unspecified atom stereocenters. The number of rotatable bonds is 3. The number of fused-ring (bicyclic) bond motifs is 2. The van der Waals surface area contributed by atoms with Crippen molar-refractivity contribution in [2.24, 2.45) is 0 Å². The maximum Gasteiger partial charge on any atom is 0.242 e. The van der Waals surface area contributed by atoms with Gasteiger partial charge in [-0.15, -0.1) is 0 Å². The largest absolute Gasteiger partial charge is 0.486 e. The lowest BCUT2D eigenvalue weighted by molar-refractivity contribution is 0.171. The summed E-state index contributed by atoms with van der Waals surface area (Å²) in [7, 11) is -3.81. The van der Waals surface area contributed by atoms with Crippen molar-refractivity contribution in [1.82, 2.24) is 4.72 Å². The molecule has 0 fully saturated rings. The molecule has 4 rings (SSSR count). The van der Waals surface area contributed by atoms with Crippen LogP contribution in [0, 0.1) is 11.3 Å². The zero-order valence-corrected chi connectivity index (χ0v) is 14.9. The quantitative estimate of drug-likeness (QED) is 0.897. The summed E-state index contributed by atoms with van der Waals surface area (Å²) in [5, 5.41) is 9.21. The molecule has 0 saturated carbocycles. The number of nitrogens with one attached hydrogen (secondary N) is 1. The lowest BCUT2D eigenvalue weighted by Crippen LogP contribution is -2.31. The van der Waals surface area contributed by atoms with Gasteiger partial charge in [0.05, 0.1) is 10.5 Å². The van der Waals surface area contributed by atoms with Gasteiger partial charge in [-0.05, 0) is 54.7 Å². The van der Waals surface area contributed by atoms with Gasteiger partial charge in [-0.3, -0.25) is 0 Å². The highest BCUT2D eigenvalue weighted by Crippen LogP contribution is 2.40. The second-order valence-electron chi connectivity index (χ2n) is 6.37. The third-order valence-corrected chi connectivity index (χ3v) is 6.24. The summed E-state index contributed by atoms with van der Waals surface area (Å²) in [6, 6.07) is 11.6. The van der Waals surface area contributed by atoms with E-state index in [0.29, 0.717) is 31.1 Å². The number of nitriles is 1. The molecule has 7 heteroatoms. The molecule has 0 amide bonds. The van der Waals surface area contributed by atoms with Crippen molar-refractivity contribution in [3.05, 3.63) is 53.1 Å². The molecule has 0 radical (unpaired) electrons. The van der Waals surface area contributed by atoms with Gasteiger partial charge in [0.1, 0.15) is 19.3 Å². The zero-order valence-electron chi connectivity index (χ0n) is 14.1. The van der Waals surface area contributed by atoms with Gasteiger partial charge in [0, 0.05) is 6.04 Å². The van der Waals surface area contributed by atoms with E-state index in [2.05, 4.69) is 4.72 Å². The van der Waals surface area contributed by atoms with E-state index in [1.807, 2.05) is 18.2 Å². The van der Waals surface area contributed by atoms with Crippen LogP contribution in [0.3, 0.4) is 0 Å². The van der Waals surface area contributed by atoms with Crippen molar-refractivity contribution in [1.29, 1.82) is 5.26 Å². The molecule has 1 aliphatic heterocycles. The van der Waals surface area contributed by atoms with Crippen LogP contribution in [-0.2, 0) is 16.4 Å². The van der Waals surface area contributed by atoms with Gasteiger partial charge in [-0.2, -0.15) is 5.26 Å². The highest BCUT2D eigenvalue weighted by molar-refractivity contribution is 7.89. The Morgan fingerprint density at radius 2 is 1.85 bits per heavy atom. The molecule has 1 atom stereocenters. The smallest absolute Gasteiger partial charge is 0.242 e. The topological polar surface area (TPSA) is 88.4 Å². The summed E-state index contributed by atoms with van der Waals surface area (Å²) in [6.07, 6.45) is 2.44. The number of hydrogen-bond acceptors (Lipinski definition) is 5. The van der Waals surface area contributed by atoms with E-state index in [9.17, 15) is 13.7 Å². The fourth-order valence-electron chi connectivity index (χ4n) is 3.51. The summed E-state index contributed by atoms with van der Waals surface area (Å²) in [6.45, 7) is 1.00. The fourth-order valence-corrected chi connectivity index (χ4v) is 4.91. The highest BCUT2D eigenvalue weighted by Gasteiger charge is 2.29. The average molecular weight is 370 g/mol. The number of aryl methyl sites for hydroxylation is 1. The van der Waals surface area contributed by atoms with E-state index in [4.69, 9.17) is 9.47 Å². The van der Waals surface area contributed by atoms with Crippen LogP contribution >= 0.6 is 0 Å². The average Bonchev–Trinajstić information content (AvgIpc) is 2.66. The number of ether oxygens (including phenoxy) is 2. The SMILES string of the molecule is N#Cc1ccccc1S(=O)(=O)NC1CCCc2cc3c(cc21)OCCO3. The van der Waals surface area contributed by atoms with Gasteiger partial charge >= 0.3 is 0 Å². The predicted molar refractivity (Wildman–Crippen MR) is 94.6 cm³/mol. The van der Waals surface area contributed by atoms with E-state index in [1.54, 1.807) is 12.1 Å². The molecule has 0 spiro atoms. The lowest BCUT2D eigenvalue weighted by Gasteiger charge is -2.29. The zero-order chi connectivity index (χ0) is 18.1. The highest BCUT2D eigenvalue weighted by atomic mass is 32.2. The molecule has 1 N–H and O–H groups in total. The number of hydrogen-bond donors (Lipinski definition) is 1. The summed E-state index contributed by atoms with van der Waals surface area (Å²) < 4.78 is 39.8. The van der Waals surface area contributed by atoms with E-state index in [1.165, 1.54) is 12.1 Å². The van der Waals surface area contributed by atoms with Crippen LogP contribution < -0.4 is 14.2 Å². The van der Waals surface area contributed by atoms with Gasteiger partial charge in [-0.1, -0.05) is 12.1 Å². The van der Waals surface area contributed by atoms with Crippen LogP contribution in [0.1, 0.15) is 35.6 Å². The van der Waals surface area contributed by atoms with Crippen molar-refractivity contribution < 1.29 is 17.9 Å². The lowest BCUT2D eigenvalue weighted by atomic mass is 9.88. The molecular weight excluding hydrogens is 352 g/mol. The fraction of sp³-hybridized carbons (Fsp3) is 0.316. The monoisotopic (exact) mass is 370 g/mol. The molecular formula is C19H18N2O4S. The van der Waals surface area contributed by atoms with E-state index in [0.717, 1.165) is 24.0 Å². The normalized spacial score (nSPS) is 18.7. The van der Waals surface area contributed by atoms with Crippen molar-refractivity contribution in [2.45, 2.75) is 30.2 Å². The molecule has 1 heterocycles. The standard InChI is InChI=1S/C19H18N2O4S/c20-12-14-4-1-2-7-19(14)26(22,23)21-16-6-3-5-13-10-17-18(11-15(13)16)25-9-8-24-17/h1-2,4,7,10-11,16,21H,3,5-6,8-9H2. The van der Waals surface area contributed by atoms with Crippen LogP contribution in [0.2, 0.25) is 0 Å². The van der Waals surface area contributed by atoms with Gasteiger partial charge in [0.2, 0.25) is 10.0 Å². The second kappa shape index (κ2) is 6.63. The first-order valence-corrected chi connectivity index (χ1v) is 10.0. The molecule has 2 aromatic carbocycles. The Bertz CT molecular complexity index is 995. The Kier molecular flexibility index (Phi) is 4.31. The number of benzene rings is 2. The first kappa shape index (κ1) is 16.9. The van der Waals surface area contributed by atoms with Gasteiger partial charge in [0.15, 0.2) is 11.5 Å². The Morgan fingerprint density at radius 1 is 1.12 bits per heavy atom. The van der Waals surface area contributed by atoms with Crippen LogP contribution in [0.25, 0.3) is 0 Å². The predicted octanol–water partition coefficient (Wildman–Crippen LogP) is 2.69. The van der Waals surface area contributed by atoms with Gasteiger partial charge in [-0.25, -0.2) is 13.1 Å². The van der Waals surface area contributed by atoms with E-state index >= 15 is 0 Å². The first-order chi connectivity index (χ1) is 12.6. The maximum atomic E-state index is 12.9. The number of nitrogens with zero attached hydrogens (tertiary/aromatic N) is 1. The third-order valence-electron chi connectivity index (χ3n) is 4.71. The van der Waals surface area contributed by atoms with Crippen LogP contribution in [0.4, 0.5) is 0 Å². The van der Waals surface area contributed by atoms with Gasteiger partial charge < -0.3 is 9.47 Å². The Labute approximate surface area is 152 Å². The first-order valence-electron chi connectivity index (χ1n) is 8.52. The Balaban J connectivity index is 1.69. The molecule has 1 aliphatic carbocycles. The molecule has 2 aliphatic rings. The van der Waals surface area contributed by atoms with E-state index < -0.39 is 10.0 Å². The Morgan fingerprint density at radius 3 is 2.62 bits per heavy atom. The summed E-state index contributed by atoms with van der Waals surface area (Å²) >= 11 is 0. The third kappa shape index (κ3) is 3.02. The summed E-state index contributed by atoms with van der Waals surface area (Å²) in [5.74, 6) is 1.37. The molecule has 2 aromatic rings. The maximum absolute atomic E-state index is 12.9. The van der Waals surface area contributed by atoms with Crippen molar-refractivity contribution in [3.63, 3.8) is 0 Å². The molecule has 6 nitrogen and oxygen atoms in total. The van der Waals surface area contributed by atoms with Gasteiger partial charge in [0.25, 0.3) is 0 Å². The molecule has 0 saturated heterocycles. The molecule has 134 valence electrons.